The summed E-state index contributed by atoms with van der Waals surface area (Å²) in [7, 11) is 0. The predicted octanol–water partition coefficient (Wildman–Crippen LogP) is 4.06. The molecule has 0 bridgehead atoms. The number of hydrogen-bond acceptors (Lipinski definition) is 5. The molecule has 0 aliphatic carbocycles. The summed E-state index contributed by atoms with van der Waals surface area (Å²) in [6.07, 6.45) is 3.71. The number of carbonyl (C=O) groups excluding carboxylic acids is 1. The number of hydrogen-bond donors (Lipinski definition) is 1. The maximum atomic E-state index is 12.6. The highest BCUT2D eigenvalue weighted by Gasteiger charge is 2.14. The molecule has 2 aromatic carbocycles. The molecule has 1 saturated heterocycles. The molecule has 1 aliphatic rings. The van der Waals surface area contributed by atoms with E-state index < -0.39 is 0 Å². The molecule has 7 heteroatoms. The minimum absolute atomic E-state index is 0.0466. The monoisotopic (exact) mass is 422 g/mol. The Morgan fingerprint density at radius 1 is 1.17 bits per heavy atom. The van der Waals surface area contributed by atoms with Crippen molar-refractivity contribution >= 4 is 29.0 Å². The number of thioether (sulfide) groups is 1. The number of morpholine rings is 1. The van der Waals surface area contributed by atoms with E-state index in [-0.39, 0.29) is 5.91 Å². The second kappa shape index (κ2) is 9.36. The standard InChI is InChI=1S/C23H26N4O2S/c1-17-5-3-8-21(18(17)2)27-10-9-24-23(27)30-16-22(28)25-19-6-4-7-20(15-19)26-11-13-29-14-12-26/h3-10,15H,11-14,16H2,1-2H3,(H,25,28). The van der Waals surface area contributed by atoms with Crippen molar-refractivity contribution in [3.63, 3.8) is 0 Å². The SMILES string of the molecule is Cc1cccc(-n2ccnc2SCC(=O)Nc2cccc(N3CCOCC3)c2)c1C. The van der Waals surface area contributed by atoms with Crippen molar-refractivity contribution in [1.29, 1.82) is 0 Å². The molecule has 30 heavy (non-hydrogen) atoms. The van der Waals surface area contributed by atoms with Gasteiger partial charge in [0.2, 0.25) is 5.91 Å². The Hall–Kier alpha value is -2.77. The number of imidazole rings is 1. The Kier molecular flexibility index (Phi) is 6.40. The molecule has 2 heterocycles. The van der Waals surface area contributed by atoms with E-state index in [4.69, 9.17) is 4.74 Å². The Bertz CT molecular complexity index is 1030. The van der Waals surface area contributed by atoms with Crippen molar-refractivity contribution in [3.05, 3.63) is 66.0 Å². The Labute approximate surface area is 181 Å². The van der Waals surface area contributed by atoms with Gasteiger partial charge in [-0.05, 0) is 49.2 Å². The first-order chi connectivity index (χ1) is 14.6. The summed E-state index contributed by atoms with van der Waals surface area (Å²) >= 11 is 1.44. The zero-order valence-corrected chi connectivity index (χ0v) is 18.1. The lowest BCUT2D eigenvalue weighted by molar-refractivity contribution is -0.113. The molecular formula is C23H26N4O2S. The van der Waals surface area contributed by atoms with Gasteiger partial charge in [0, 0.05) is 36.9 Å². The molecule has 0 unspecified atom stereocenters. The summed E-state index contributed by atoms with van der Waals surface area (Å²) in [5.74, 6) is 0.249. The van der Waals surface area contributed by atoms with E-state index in [1.165, 1.54) is 22.9 Å². The van der Waals surface area contributed by atoms with Gasteiger partial charge in [0.15, 0.2) is 5.16 Å². The highest BCUT2D eigenvalue weighted by molar-refractivity contribution is 7.99. The molecule has 0 radical (unpaired) electrons. The van der Waals surface area contributed by atoms with Crippen molar-refractivity contribution < 1.29 is 9.53 Å². The highest BCUT2D eigenvalue weighted by atomic mass is 32.2. The van der Waals surface area contributed by atoms with Crippen LogP contribution in [-0.2, 0) is 9.53 Å². The van der Waals surface area contributed by atoms with Gasteiger partial charge in [0.05, 0.1) is 24.7 Å². The van der Waals surface area contributed by atoms with Gasteiger partial charge in [-0.25, -0.2) is 4.98 Å². The first-order valence-electron chi connectivity index (χ1n) is 10.1. The number of amides is 1. The topological polar surface area (TPSA) is 59.4 Å². The summed E-state index contributed by atoms with van der Waals surface area (Å²) in [6.45, 7) is 7.41. The molecule has 1 amide bonds. The van der Waals surface area contributed by atoms with E-state index in [0.29, 0.717) is 5.75 Å². The summed E-state index contributed by atoms with van der Waals surface area (Å²) < 4.78 is 7.46. The number of aryl methyl sites for hydroxylation is 1. The molecule has 156 valence electrons. The van der Waals surface area contributed by atoms with Crippen LogP contribution in [0.25, 0.3) is 5.69 Å². The van der Waals surface area contributed by atoms with Gasteiger partial charge in [0.25, 0.3) is 0 Å². The summed E-state index contributed by atoms with van der Waals surface area (Å²) in [4.78, 5) is 19.3. The van der Waals surface area contributed by atoms with Crippen LogP contribution in [0.5, 0.6) is 0 Å². The predicted molar refractivity (Wildman–Crippen MR) is 122 cm³/mol. The smallest absolute Gasteiger partial charge is 0.234 e. The first kappa shape index (κ1) is 20.5. The van der Waals surface area contributed by atoms with Crippen LogP contribution < -0.4 is 10.2 Å². The molecule has 1 aliphatic heterocycles. The van der Waals surface area contributed by atoms with E-state index in [0.717, 1.165) is 48.5 Å². The van der Waals surface area contributed by atoms with Gasteiger partial charge in [-0.2, -0.15) is 0 Å². The van der Waals surface area contributed by atoms with Gasteiger partial charge in [-0.15, -0.1) is 0 Å². The quantitative estimate of drug-likeness (QED) is 0.607. The van der Waals surface area contributed by atoms with Crippen LogP contribution in [-0.4, -0.2) is 47.5 Å². The molecule has 0 spiro atoms. The Morgan fingerprint density at radius 2 is 1.97 bits per heavy atom. The van der Waals surface area contributed by atoms with E-state index >= 15 is 0 Å². The van der Waals surface area contributed by atoms with Crippen molar-refractivity contribution in [2.75, 3.05) is 42.3 Å². The van der Waals surface area contributed by atoms with E-state index in [9.17, 15) is 4.79 Å². The zero-order chi connectivity index (χ0) is 20.9. The number of rotatable bonds is 6. The fourth-order valence-corrected chi connectivity index (χ4v) is 4.27. The lowest BCUT2D eigenvalue weighted by atomic mass is 10.1. The number of ether oxygens (including phenoxy) is 1. The van der Waals surface area contributed by atoms with E-state index in [2.05, 4.69) is 47.2 Å². The van der Waals surface area contributed by atoms with Gasteiger partial charge in [-0.3, -0.25) is 9.36 Å². The van der Waals surface area contributed by atoms with Crippen LogP contribution in [0.4, 0.5) is 11.4 Å². The fourth-order valence-electron chi connectivity index (χ4n) is 3.51. The molecule has 6 nitrogen and oxygen atoms in total. The number of nitrogens with zero attached hydrogens (tertiary/aromatic N) is 3. The lowest BCUT2D eigenvalue weighted by Crippen LogP contribution is -2.36. The second-order valence-electron chi connectivity index (χ2n) is 7.29. The first-order valence-corrected chi connectivity index (χ1v) is 11.1. The van der Waals surface area contributed by atoms with Crippen molar-refractivity contribution in [1.82, 2.24) is 9.55 Å². The van der Waals surface area contributed by atoms with E-state index in [1.54, 1.807) is 6.20 Å². The number of aromatic nitrogens is 2. The van der Waals surface area contributed by atoms with Gasteiger partial charge in [0.1, 0.15) is 0 Å². The van der Waals surface area contributed by atoms with Crippen LogP contribution >= 0.6 is 11.8 Å². The normalized spacial score (nSPS) is 14.0. The largest absolute Gasteiger partial charge is 0.378 e. The zero-order valence-electron chi connectivity index (χ0n) is 17.3. The number of anilines is 2. The van der Waals surface area contributed by atoms with Gasteiger partial charge in [-0.1, -0.05) is 30.0 Å². The lowest BCUT2D eigenvalue weighted by Gasteiger charge is -2.29. The molecule has 1 N–H and O–H groups in total. The minimum Gasteiger partial charge on any atom is -0.378 e. The van der Waals surface area contributed by atoms with Crippen LogP contribution in [0.2, 0.25) is 0 Å². The van der Waals surface area contributed by atoms with Crippen LogP contribution in [0.3, 0.4) is 0 Å². The molecule has 0 saturated carbocycles. The molecular weight excluding hydrogens is 396 g/mol. The molecule has 3 aromatic rings. The van der Waals surface area contributed by atoms with E-state index in [1.807, 2.05) is 35.0 Å². The molecule has 1 aromatic heterocycles. The number of nitrogens with one attached hydrogen (secondary N) is 1. The third-order valence-corrected chi connectivity index (χ3v) is 6.25. The van der Waals surface area contributed by atoms with Crippen molar-refractivity contribution in [2.45, 2.75) is 19.0 Å². The molecule has 4 rings (SSSR count). The summed E-state index contributed by atoms with van der Waals surface area (Å²) in [5.41, 5.74) is 5.45. The summed E-state index contributed by atoms with van der Waals surface area (Å²) in [5, 5.41) is 3.82. The Morgan fingerprint density at radius 3 is 2.80 bits per heavy atom. The fraction of sp³-hybridized carbons (Fsp3) is 0.304. The van der Waals surface area contributed by atoms with Gasteiger partial charge >= 0.3 is 0 Å². The van der Waals surface area contributed by atoms with Crippen LogP contribution in [0.1, 0.15) is 11.1 Å². The maximum absolute atomic E-state index is 12.6. The summed E-state index contributed by atoms with van der Waals surface area (Å²) in [6, 6.07) is 14.2. The number of benzene rings is 2. The molecule has 1 fully saturated rings. The average Bonchev–Trinajstić information content (AvgIpc) is 3.23. The third-order valence-electron chi connectivity index (χ3n) is 5.28. The minimum atomic E-state index is -0.0466. The van der Waals surface area contributed by atoms with Crippen molar-refractivity contribution in [3.8, 4) is 5.69 Å². The Balaban J connectivity index is 1.39. The second-order valence-corrected chi connectivity index (χ2v) is 8.23. The van der Waals surface area contributed by atoms with Crippen molar-refractivity contribution in [2.24, 2.45) is 0 Å². The van der Waals surface area contributed by atoms with Crippen LogP contribution in [0, 0.1) is 13.8 Å². The van der Waals surface area contributed by atoms with Gasteiger partial charge < -0.3 is 15.0 Å². The highest BCUT2D eigenvalue weighted by Crippen LogP contribution is 2.25. The van der Waals surface area contributed by atoms with Crippen LogP contribution in [0.15, 0.2) is 60.0 Å². The third kappa shape index (κ3) is 4.68. The maximum Gasteiger partial charge on any atom is 0.234 e. The number of carbonyl (C=O) groups is 1. The average molecular weight is 423 g/mol. The molecule has 0 atom stereocenters.